The van der Waals surface area contributed by atoms with Crippen molar-refractivity contribution in [3.63, 3.8) is 0 Å². The van der Waals surface area contributed by atoms with E-state index in [-0.39, 0.29) is 0 Å². The van der Waals surface area contributed by atoms with Gasteiger partial charge in [0, 0.05) is 34.5 Å². The van der Waals surface area contributed by atoms with E-state index in [2.05, 4.69) is 11.6 Å². The molecule has 0 aliphatic heterocycles. The molecule has 78 valence electrons. The molecule has 4 heteroatoms. The average molecular weight is 250 g/mol. The standard InChI is InChI=1S/C10H13Cl2NS/c1-14-6-5-13-7-8-9(11)3-2-4-10(8)12/h2-4,13H,5-7H2,1H3. The first-order valence-corrected chi connectivity index (χ1v) is 6.53. The zero-order valence-corrected chi connectivity index (χ0v) is 10.3. The number of hydrogen-bond donors (Lipinski definition) is 1. The van der Waals surface area contributed by atoms with Gasteiger partial charge in [0.2, 0.25) is 0 Å². The summed E-state index contributed by atoms with van der Waals surface area (Å²) >= 11 is 13.8. The van der Waals surface area contributed by atoms with Crippen LogP contribution in [0.1, 0.15) is 5.56 Å². The average Bonchev–Trinajstić information content (AvgIpc) is 2.16. The molecule has 0 amide bonds. The molecule has 0 spiro atoms. The van der Waals surface area contributed by atoms with Crippen LogP contribution in [0.25, 0.3) is 0 Å². The smallest absolute Gasteiger partial charge is 0.0465 e. The third kappa shape index (κ3) is 3.70. The fourth-order valence-electron chi connectivity index (χ4n) is 1.09. The van der Waals surface area contributed by atoms with E-state index in [1.54, 1.807) is 0 Å². The van der Waals surface area contributed by atoms with Crippen LogP contribution in [-0.2, 0) is 6.54 Å². The topological polar surface area (TPSA) is 12.0 Å². The molecular formula is C10H13Cl2NS. The molecule has 0 aliphatic carbocycles. The predicted octanol–water partition coefficient (Wildman–Crippen LogP) is 3.45. The van der Waals surface area contributed by atoms with Gasteiger partial charge in [-0.05, 0) is 18.4 Å². The van der Waals surface area contributed by atoms with Crippen molar-refractivity contribution in [1.82, 2.24) is 5.32 Å². The molecule has 0 saturated carbocycles. The molecule has 0 radical (unpaired) electrons. The van der Waals surface area contributed by atoms with Crippen LogP contribution >= 0.6 is 35.0 Å². The highest BCUT2D eigenvalue weighted by molar-refractivity contribution is 7.98. The highest BCUT2D eigenvalue weighted by atomic mass is 35.5. The van der Waals surface area contributed by atoms with Crippen LogP contribution in [0, 0.1) is 0 Å². The minimum Gasteiger partial charge on any atom is -0.312 e. The van der Waals surface area contributed by atoms with Crippen molar-refractivity contribution < 1.29 is 0 Å². The van der Waals surface area contributed by atoms with Gasteiger partial charge in [0.1, 0.15) is 0 Å². The van der Waals surface area contributed by atoms with Crippen molar-refractivity contribution in [2.75, 3.05) is 18.6 Å². The maximum Gasteiger partial charge on any atom is 0.0465 e. The van der Waals surface area contributed by atoms with Gasteiger partial charge >= 0.3 is 0 Å². The lowest BCUT2D eigenvalue weighted by molar-refractivity contribution is 0.732. The van der Waals surface area contributed by atoms with Gasteiger partial charge in [-0.2, -0.15) is 11.8 Å². The van der Waals surface area contributed by atoms with Crippen LogP contribution in [0.4, 0.5) is 0 Å². The number of rotatable bonds is 5. The Labute approximate surface area is 99.2 Å². The van der Waals surface area contributed by atoms with Crippen molar-refractivity contribution in [1.29, 1.82) is 0 Å². The van der Waals surface area contributed by atoms with Gasteiger partial charge < -0.3 is 5.32 Å². The van der Waals surface area contributed by atoms with Crippen LogP contribution in [-0.4, -0.2) is 18.6 Å². The first kappa shape index (κ1) is 12.2. The van der Waals surface area contributed by atoms with Gasteiger partial charge in [0.05, 0.1) is 0 Å². The van der Waals surface area contributed by atoms with Crippen molar-refractivity contribution in [3.8, 4) is 0 Å². The van der Waals surface area contributed by atoms with E-state index in [1.807, 2.05) is 30.0 Å². The summed E-state index contributed by atoms with van der Waals surface area (Å²) in [6.07, 6.45) is 2.09. The molecule has 0 atom stereocenters. The second-order valence-corrected chi connectivity index (χ2v) is 4.67. The summed E-state index contributed by atoms with van der Waals surface area (Å²) in [5.74, 6) is 1.10. The molecule has 0 fully saturated rings. The minimum atomic E-state index is 0.731. The van der Waals surface area contributed by atoms with E-state index >= 15 is 0 Å². The Bertz CT molecular complexity index is 271. The Morgan fingerprint density at radius 1 is 1.29 bits per heavy atom. The normalized spacial score (nSPS) is 10.5. The van der Waals surface area contributed by atoms with Gasteiger partial charge in [-0.1, -0.05) is 29.3 Å². The van der Waals surface area contributed by atoms with E-state index in [1.165, 1.54) is 0 Å². The maximum atomic E-state index is 6.01. The Morgan fingerprint density at radius 3 is 2.50 bits per heavy atom. The van der Waals surface area contributed by atoms with E-state index in [4.69, 9.17) is 23.2 Å². The lowest BCUT2D eigenvalue weighted by Crippen LogP contribution is -2.16. The molecule has 1 N–H and O–H groups in total. The van der Waals surface area contributed by atoms with Crippen molar-refractivity contribution >= 4 is 35.0 Å². The minimum absolute atomic E-state index is 0.731. The second-order valence-electron chi connectivity index (χ2n) is 2.87. The van der Waals surface area contributed by atoms with E-state index < -0.39 is 0 Å². The summed E-state index contributed by atoms with van der Waals surface area (Å²) < 4.78 is 0. The molecule has 0 aromatic heterocycles. The molecule has 0 aliphatic rings. The van der Waals surface area contributed by atoms with E-state index in [0.717, 1.165) is 34.5 Å². The summed E-state index contributed by atoms with van der Waals surface area (Å²) in [4.78, 5) is 0. The number of thioether (sulfide) groups is 1. The fraction of sp³-hybridized carbons (Fsp3) is 0.400. The molecule has 0 heterocycles. The monoisotopic (exact) mass is 249 g/mol. The summed E-state index contributed by atoms with van der Waals surface area (Å²) in [7, 11) is 0. The SMILES string of the molecule is CSCCNCc1c(Cl)cccc1Cl. The van der Waals surface area contributed by atoms with E-state index in [0.29, 0.717) is 0 Å². The lowest BCUT2D eigenvalue weighted by Gasteiger charge is -2.07. The van der Waals surface area contributed by atoms with Gasteiger partial charge in [0.15, 0.2) is 0 Å². The number of hydrogen-bond acceptors (Lipinski definition) is 2. The van der Waals surface area contributed by atoms with Crippen LogP contribution in [0.2, 0.25) is 10.0 Å². The number of benzene rings is 1. The summed E-state index contributed by atoms with van der Waals surface area (Å²) in [6.45, 7) is 1.71. The number of halogens is 2. The van der Waals surface area contributed by atoms with Crippen LogP contribution in [0.15, 0.2) is 18.2 Å². The van der Waals surface area contributed by atoms with Gasteiger partial charge in [-0.3, -0.25) is 0 Å². The van der Waals surface area contributed by atoms with Crippen molar-refractivity contribution in [2.45, 2.75) is 6.54 Å². The predicted molar refractivity (Wildman–Crippen MR) is 66.6 cm³/mol. The van der Waals surface area contributed by atoms with Gasteiger partial charge in [0.25, 0.3) is 0 Å². The largest absolute Gasteiger partial charge is 0.312 e. The maximum absolute atomic E-state index is 6.01. The van der Waals surface area contributed by atoms with Crippen molar-refractivity contribution in [3.05, 3.63) is 33.8 Å². The molecule has 0 bridgehead atoms. The highest BCUT2D eigenvalue weighted by Gasteiger charge is 2.03. The molecule has 1 aromatic rings. The first-order valence-electron chi connectivity index (χ1n) is 4.38. The lowest BCUT2D eigenvalue weighted by atomic mass is 10.2. The Morgan fingerprint density at radius 2 is 1.93 bits per heavy atom. The van der Waals surface area contributed by atoms with E-state index in [9.17, 15) is 0 Å². The fourth-order valence-corrected chi connectivity index (χ4v) is 1.97. The third-order valence-corrected chi connectivity index (χ3v) is 3.17. The first-order chi connectivity index (χ1) is 6.75. The van der Waals surface area contributed by atoms with Crippen molar-refractivity contribution in [2.24, 2.45) is 0 Å². The zero-order chi connectivity index (χ0) is 10.4. The highest BCUT2D eigenvalue weighted by Crippen LogP contribution is 2.23. The summed E-state index contributed by atoms with van der Waals surface area (Å²) in [5.41, 5.74) is 0.983. The summed E-state index contributed by atoms with van der Waals surface area (Å²) in [5, 5.41) is 4.76. The van der Waals surface area contributed by atoms with Crippen LogP contribution in [0.5, 0.6) is 0 Å². The molecule has 0 unspecified atom stereocenters. The van der Waals surface area contributed by atoms with Crippen LogP contribution < -0.4 is 5.32 Å². The second kappa shape index (κ2) is 6.57. The molecule has 1 rings (SSSR count). The zero-order valence-electron chi connectivity index (χ0n) is 8.02. The van der Waals surface area contributed by atoms with Gasteiger partial charge in [-0.25, -0.2) is 0 Å². The summed E-state index contributed by atoms with van der Waals surface area (Å²) in [6, 6.07) is 5.58. The Kier molecular flexibility index (Phi) is 5.71. The third-order valence-electron chi connectivity index (χ3n) is 1.85. The number of nitrogens with one attached hydrogen (secondary N) is 1. The Hall–Kier alpha value is 0.110. The quantitative estimate of drug-likeness (QED) is 0.803. The molecule has 0 saturated heterocycles. The Balaban J connectivity index is 2.49. The molecule has 1 nitrogen and oxygen atoms in total. The molecule has 1 aromatic carbocycles. The van der Waals surface area contributed by atoms with Crippen LogP contribution in [0.3, 0.4) is 0 Å². The van der Waals surface area contributed by atoms with Gasteiger partial charge in [-0.15, -0.1) is 0 Å². The molecular weight excluding hydrogens is 237 g/mol. The molecule has 14 heavy (non-hydrogen) atoms.